The van der Waals surface area contributed by atoms with Crippen molar-refractivity contribution in [3.63, 3.8) is 0 Å². The SMILES string of the molecule is COc1ccc(C(C)C)c(N2C(=O)CS/C2=N\C(O)NC(C)(C)c2ccc(-c3ncn(-c4ccc(OC(F)(F)F)cc4)n3)cc2)c1. The Balaban J connectivity index is 1.29. The maximum atomic E-state index is 13.0. The number of hydrogen-bond donors (Lipinski definition) is 2. The van der Waals surface area contributed by atoms with Crippen molar-refractivity contribution >= 4 is 28.5 Å². The molecule has 2 N–H and O–H groups in total. The molecule has 4 aromatic rings. The average molecular weight is 655 g/mol. The van der Waals surface area contributed by atoms with Crippen LogP contribution in [0.2, 0.25) is 0 Å². The molecule has 0 bridgehead atoms. The van der Waals surface area contributed by atoms with Crippen LogP contribution in [0.15, 0.2) is 78.0 Å². The molecule has 0 radical (unpaired) electrons. The van der Waals surface area contributed by atoms with Gasteiger partial charge in [0.25, 0.3) is 0 Å². The number of amides is 1. The van der Waals surface area contributed by atoms with Gasteiger partial charge in [-0.2, -0.15) is 0 Å². The number of thioether (sulfide) groups is 1. The molecule has 10 nitrogen and oxygen atoms in total. The van der Waals surface area contributed by atoms with Crippen molar-refractivity contribution in [1.82, 2.24) is 20.1 Å². The molecule has 1 aromatic heterocycles. The van der Waals surface area contributed by atoms with Gasteiger partial charge in [0.1, 0.15) is 17.8 Å². The molecule has 14 heteroatoms. The number of aliphatic hydroxyl groups is 1. The summed E-state index contributed by atoms with van der Waals surface area (Å²) in [7, 11) is 1.57. The highest BCUT2D eigenvalue weighted by atomic mass is 32.2. The molecule has 3 aromatic carbocycles. The van der Waals surface area contributed by atoms with E-state index in [1.165, 1.54) is 51.9 Å². The zero-order valence-corrected chi connectivity index (χ0v) is 26.6. The normalized spacial score (nSPS) is 15.6. The van der Waals surface area contributed by atoms with Gasteiger partial charge in [-0.15, -0.1) is 18.3 Å². The van der Waals surface area contributed by atoms with Crippen molar-refractivity contribution in [3.05, 3.63) is 84.2 Å². The van der Waals surface area contributed by atoms with Gasteiger partial charge in [0.05, 0.1) is 24.2 Å². The summed E-state index contributed by atoms with van der Waals surface area (Å²) in [5.74, 6) is 0.910. The summed E-state index contributed by atoms with van der Waals surface area (Å²) in [5.41, 5.74) is 2.97. The number of aliphatic hydroxyl groups excluding tert-OH is 1. The Morgan fingerprint density at radius 1 is 1.02 bits per heavy atom. The van der Waals surface area contributed by atoms with Crippen LogP contribution in [0.5, 0.6) is 11.5 Å². The van der Waals surface area contributed by atoms with Crippen molar-refractivity contribution in [2.75, 3.05) is 17.8 Å². The Morgan fingerprint density at radius 3 is 2.33 bits per heavy atom. The summed E-state index contributed by atoms with van der Waals surface area (Å²) in [5, 5.41) is 18.9. The zero-order valence-electron chi connectivity index (χ0n) is 25.7. The maximum absolute atomic E-state index is 13.0. The largest absolute Gasteiger partial charge is 0.573 e. The Hall–Kier alpha value is -4.40. The number of anilines is 1. The fraction of sp³-hybridized carbons (Fsp3) is 0.312. The van der Waals surface area contributed by atoms with Crippen LogP contribution in [-0.4, -0.2) is 56.5 Å². The summed E-state index contributed by atoms with van der Waals surface area (Å²) in [6.07, 6.45) is -4.62. The first kappa shape index (κ1) is 33.0. The molecule has 0 spiro atoms. The lowest BCUT2D eigenvalue weighted by molar-refractivity contribution is -0.274. The van der Waals surface area contributed by atoms with Gasteiger partial charge in [-0.1, -0.05) is 55.9 Å². The van der Waals surface area contributed by atoms with Gasteiger partial charge < -0.3 is 14.6 Å². The number of nitrogens with one attached hydrogen (secondary N) is 1. The number of aliphatic imine (C=N–C) groups is 1. The van der Waals surface area contributed by atoms with E-state index >= 15 is 0 Å². The molecule has 0 saturated carbocycles. The quantitative estimate of drug-likeness (QED) is 0.194. The van der Waals surface area contributed by atoms with E-state index in [9.17, 15) is 23.1 Å². The van der Waals surface area contributed by atoms with Gasteiger partial charge in [0.2, 0.25) is 12.3 Å². The number of methoxy groups -OCH3 is 1. The molecular formula is C32H33F3N6O4S. The number of ether oxygens (including phenoxy) is 2. The lowest BCUT2D eigenvalue weighted by atomic mass is 9.93. The second-order valence-electron chi connectivity index (χ2n) is 11.3. The predicted octanol–water partition coefficient (Wildman–Crippen LogP) is 6.20. The Bertz CT molecular complexity index is 1720. The van der Waals surface area contributed by atoms with E-state index < -0.39 is 18.3 Å². The second-order valence-corrected chi connectivity index (χ2v) is 12.2. The summed E-state index contributed by atoms with van der Waals surface area (Å²) in [6, 6.07) is 18.3. The van der Waals surface area contributed by atoms with Crippen molar-refractivity contribution in [2.24, 2.45) is 4.99 Å². The topological polar surface area (TPSA) is 114 Å². The molecule has 1 aliphatic rings. The standard InChI is InChI=1S/C32H33F3N6O4S/c1-19(2)25-15-14-24(44-5)16-26(25)41-27(42)17-46-30(41)37-29(43)38-31(3,4)21-8-6-20(7-9-21)28-36-18-40(39-28)22-10-12-23(13-11-22)45-32(33,34)35/h6-16,18-19,29,38,43H,17H2,1-5H3/b37-30-. The van der Waals surface area contributed by atoms with Gasteiger partial charge in [-0.25, -0.2) is 14.7 Å². The monoisotopic (exact) mass is 654 g/mol. The number of nitrogens with zero attached hydrogens (tertiary/aromatic N) is 5. The van der Waals surface area contributed by atoms with Crippen molar-refractivity contribution < 1.29 is 32.5 Å². The fourth-order valence-corrected chi connectivity index (χ4v) is 5.81. The Morgan fingerprint density at radius 2 is 1.70 bits per heavy atom. The Labute approximate surface area is 268 Å². The number of carbonyl (C=O) groups is 1. The zero-order chi connectivity index (χ0) is 33.2. The summed E-state index contributed by atoms with van der Waals surface area (Å²) in [4.78, 5) is 23.3. The highest BCUT2D eigenvalue weighted by Gasteiger charge is 2.34. The second kappa shape index (κ2) is 13.1. The first-order valence-electron chi connectivity index (χ1n) is 14.3. The number of benzene rings is 3. The van der Waals surface area contributed by atoms with Crippen LogP contribution in [0.25, 0.3) is 17.1 Å². The van der Waals surface area contributed by atoms with Gasteiger partial charge in [0.15, 0.2) is 11.0 Å². The third-order valence-electron chi connectivity index (χ3n) is 7.28. The van der Waals surface area contributed by atoms with Gasteiger partial charge >= 0.3 is 6.36 Å². The van der Waals surface area contributed by atoms with Gasteiger partial charge in [0, 0.05) is 17.2 Å². The van der Waals surface area contributed by atoms with E-state index in [0.29, 0.717) is 33.7 Å². The molecule has 2 heterocycles. The molecular weight excluding hydrogens is 621 g/mol. The van der Waals surface area contributed by atoms with Crippen LogP contribution >= 0.6 is 11.8 Å². The molecule has 46 heavy (non-hydrogen) atoms. The molecule has 242 valence electrons. The fourth-order valence-electron chi connectivity index (χ4n) is 4.93. The number of aromatic nitrogens is 3. The highest BCUT2D eigenvalue weighted by Crippen LogP contribution is 2.36. The molecule has 1 fully saturated rings. The molecule has 1 atom stereocenters. The minimum Gasteiger partial charge on any atom is -0.497 e. The lowest BCUT2D eigenvalue weighted by Gasteiger charge is -2.29. The minimum atomic E-state index is -4.77. The summed E-state index contributed by atoms with van der Waals surface area (Å²) < 4.78 is 48.1. The average Bonchev–Trinajstić information content (AvgIpc) is 3.63. The van der Waals surface area contributed by atoms with E-state index in [2.05, 4.69) is 25.1 Å². The number of amidine groups is 1. The molecule has 1 aliphatic heterocycles. The molecule has 5 rings (SSSR count). The highest BCUT2D eigenvalue weighted by molar-refractivity contribution is 8.15. The van der Waals surface area contributed by atoms with Crippen LogP contribution in [0.4, 0.5) is 18.9 Å². The van der Waals surface area contributed by atoms with Crippen molar-refractivity contribution in [3.8, 4) is 28.6 Å². The number of alkyl halides is 3. The minimum absolute atomic E-state index is 0.135. The van der Waals surface area contributed by atoms with E-state index in [1.54, 1.807) is 13.2 Å². The number of hydrogen-bond acceptors (Lipinski definition) is 9. The number of carbonyl (C=O) groups excluding carboxylic acids is 1. The van der Waals surface area contributed by atoms with E-state index in [0.717, 1.165) is 11.1 Å². The third-order valence-corrected chi connectivity index (χ3v) is 8.22. The lowest BCUT2D eigenvalue weighted by Crippen LogP contribution is -2.44. The molecule has 1 saturated heterocycles. The van der Waals surface area contributed by atoms with E-state index in [4.69, 9.17) is 4.74 Å². The van der Waals surface area contributed by atoms with Crippen molar-refractivity contribution in [2.45, 2.75) is 51.9 Å². The summed E-state index contributed by atoms with van der Waals surface area (Å²) in [6.45, 7) is 7.88. The first-order chi connectivity index (χ1) is 21.7. The van der Waals surface area contributed by atoms with Crippen LogP contribution < -0.4 is 19.7 Å². The smallest absolute Gasteiger partial charge is 0.497 e. The number of rotatable bonds is 10. The maximum Gasteiger partial charge on any atom is 0.573 e. The van der Waals surface area contributed by atoms with E-state index in [-0.39, 0.29) is 23.3 Å². The summed E-state index contributed by atoms with van der Waals surface area (Å²) >= 11 is 1.26. The molecule has 1 unspecified atom stereocenters. The first-order valence-corrected chi connectivity index (χ1v) is 15.3. The number of halogens is 3. The molecule has 0 aliphatic carbocycles. The Kier molecular flexibility index (Phi) is 9.42. The van der Waals surface area contributed by atoms with Crippen LogP contribution in [-0.2, 0) is 10.3 Å². The molecule has 1 amide bonds. The van der Waals surface area contributed by atoms with Crippen LogP contribution in [0.1, 0.15) is 44.7 Å². The third kappa shape index (κ3) is 7.52. The van der Waals surface area contributed by atoms with E-state index in [1.807, 2.05) is 64.1 Å². The van der Waals surface area contributed by atoms with Crippen molar-refractivity contribution in [1.29, 1.82) is 0 Å². The van der Waals surface area contributed by atoms with Gasteiger partial charge in [-0.3, -0.25) is 15.0 Å². The predicted molar refractivity (Wildman–Crippen MR) is 170 cm³/mol. The van der Waals surface area contributed by atoms with Gasteiger partial charge in [-0.05, 0) is 61.2 Å². The van der Waals surface area contributed by atoms with Crippen LogP contribution in [0, 0.1) is 0 Å². The van der Waals surface area contributed by atoms with Crippen LogP contribution in [0.3, 0.4) is 0 Å².